The van der Waals surface area contributed by atoms with Gasteiger partial charge < -0.3 is 0 Å². The molecule has 152 valence electrons. The van der Waals surface area contributed by atoms with Crippen molar-refractivity contribution < 1.29 is 13.2 Å². The molecule has 0 aliphatic carbocycles. The molecule has 0 saturated carbocycles. The molecular weight excluding hydrogens is 432 g/mol. The van der Waals surface area contributed by atoms with Crippen LogP contribution in [0.3, 0.4) is 0 Å². The van der Waals surface area contributed by atoms with Crippen LogP contribution in [-0.2, 0) is 10.0 Å². The number of carbonyl (C=O) groups is 1. The molecule has 0 fully saturated rings. The number of hydrogen-bond acceptors (Lipinski definition) is 6. The molecule has 0 radical (unpaired) electrons. The molecule has 0 spiro atoms. The van der Waals surface area contributed by atoms with Crippen molar-refractivity contribution in [2.24, 2.45) is 0 Å². The summed E-state index contributed by atoms with van der Waals surface area (Å²) in [4.78, 5) is 21.3. The predicted octanol–water partition coefficient (Wildman–Crippen LogP) is 4.14. The maximum absolute atomic E-state index is 12.7. The molecule has 1 N–H and O–H groups in total. The monoisotopic (exact) mass is 450 g/mol. The second-order valence-corrected chi connectivity index (χ2v) is 9.14. The minimum Gasteiger partial charge on any atom is -0.298 e. The van der Waals surface area contributed by atoms with E-state index >= 15 is 0 Å². The first-order valence-corrected chi connectivity index (χ1v) is 11.5. The molecule has 0 aliphatic rings. The van der Waals surface area contributed by atoms with Crippen LogP contribution in [0.1, 0.15) is 24.2 Å². The number of anilines is 1. The van der Waals surface area contributed by atoms with Gasteiger partial charge in [-0.2, -0.15) is 4.31 Å². The highest BCUT2D eigenvalue weighted by Gasteiger charge is 2.24. The van der Waals surface area contributed by atoms with Gasteiger partial charge in [0, 0.05) is 24.7 Å². The fraction of sp³-hybridized carbons (Fsp3) is 0.211. The lowest BCUT2D eigenvalue weighted by Gasteiger charge is -2.19. The van der Waals surface area contributed by atoms with Crippen LogP contribution in [-0.4, -0.2) is 41.7 Å². The second kappa shape index (κ2) is 9.00. The zero-order valence-electron chi connectivity index (χ0n) is 15.8. The predicted molar refractivity (Wildman–Crippen MR) is 115 cm³/mol. The third-order valence-corrected chi connectivity index (χ3v) is 7.31. The van der Waals surface area contributed by atoms with Gasteiger partial charge in [-0.25, -0.2) is 13.4 Å². The number of sulfonamides is 1. The van der Waals surface area contributed by atoms with E-state index < -0.39 is 15.9 Å². The molecule has 1 aromatic carbocycles. The standard InChI is InChI=1S/C19H19ClN4O3S2/c1-3-24(4-2)29(26,27)13-8-9-15(20)14(11-13)18(25)23-19-22-17(12-28-19)16-7-5-6-10-21-16/h5-12H,3-4H2,1-2H3,(H,22,23,25). The molecule has 10 heteroatoms. The summed E-state index contributed by atoms with van der Waals surface area (Å²) in [6.07, 6.45) is 1.66. The Bertz CT molecular complexity index is 1110. The quantitative estimate of drug-likeness (QED) is 0.584. The lowest BCUT2D eigenvalue weighted by Crippen LogP contribution is -2.30. The Morgan fingerprint density at radius 3 is 2.59 bits per heavy atom. The summed E-state index contributed by atoms with van der Waals surface area (Å²) < 4.78 is 26.8. The Morgan fingerprint density at radius 1 is 1.17 bits per heavy atom. The van der Waals surface area contributed by atoms with Gasteiger partial charge >= 0.3 is 0 Å². The van der Waals surface area contributed by atoms with E-state index in [1.165, 1.54) is 33.8 Å². The first-order valence-electron chi connectivity index (χ1n) is 8.84. The molecule has 0 bridgehead atoms. The fourth-order valence-corrected chi connectivity index (χ4v) is 5.07. The summed E-state index contributed by atoms with van der Waals surface area (Å²) in [5, 5.41) is 4.97. The van der Waals surface area contributed by atoms with Crippen LogP contribution in [0.4, 0.5) is 5.13 Å². The summed E-state index contributed by atoms with van der Waals surface area (Å²) in [6.45, 7) is 4.18. The van der Waals surface area contributed by atoms with E-state index in [-0.39, 0.29) is 15.5 Å². The Balaban J connectivity index is 1.86. The maximum Gasteiger partial charge on any atom is 0.259 e. The number of nitrogens with zero attached hydrogens (tertiary/aromatic N) is 3. The maximum atomic E-state index is 12.7. The molecule has 2 aromatic heterocycles. The van der Waals surface area contributed by atoms with Gasteiger partial charge in [-0.05, 0) is 30.3 Å². The highest BCUT2D eigenvalue weighted by Crippen LogP contribution is 2.26. The Hall–Kier alpha value is -2.33. The summed E-state index contributed by atoms with van der Waals surface area (Å²) in [6, 6.07) is 9.57. The molecule has 0 saturated heterocycles. The lowest BCUT2D eigenvalue weighted by molar-refractivity contribution is 0.102. The van der Waals surface area contributed by atoms with E-state index in [9.17, 15) is 13.2 Å². The molecule has 7 nitrogen and oxygen atoms in total. The van der Waals surface area contributed by atoms with Crippen molar-refractivity contribution in [2.45, 2.75) is 18.7 Å². The van der Waals surface area contributed by atoms with Crippen LogP contribution in [0.2, 0.25) is 5.02 Å². The van der Waals surface area contributed by atoms with Crippen molar-refractivity contribution in [1.29, 1.82) is 0 Å². The number of hydrogen-bond donors (Lipinski definition) is 1. The number of thiazole rings is 1. The highest BCUT2D eigenvalue weighted by molar-refractivity contribution is 7.89. The molecule has 3 aromatic rings. The third-order valence-electron chi connectivity index (χ3n) is 4.18. The van der Waals surface area contributed by atoms with Crippen molar-refractivity contribution >= 4 is 44.0 Å². The van der Waals surface area contributed by atoms with E-state index in [0.717, 1.165) is 0 Å². The van der Waals surface area contributed by atoms with Gasteiger partial charge in [0.1, 0.15) is 5.69 Å². The summed E-state index contributed by atoms with van der Waals surface area (Å²) in [5.74, 6) is -0.534. The SMILES string of the molecule is CCN(CC)S(=O)(=O)c1ccc(Cl)c(C(=O)Nc2nc(-c3ccccn3)cs2)c1. The zero-order valence-corrected chi connectivity index (χ0v) is 18.2. The molecule has 2 heterocycles. The zero-order chi connectivity index (χ0) is 21.0. The molecule has 3 rings (SSSR count). The molecule has 29 heavy (non-hydrogen) atoms. The highest BCUT2D eigenvalue weighted by atomic mass is 35.5. The van der Waals surface area contributed by atoms with Gasteiger partial charge in [0.2, 0.25) is 10.0 Å². The first kappa shape index (κ1) is 21.4. The number of pyridine rings is 1. The molecule has 0 unspecified atom stereocenters. The van der Waals surface area contributed by atoms with Crippen molar-refractivity contribution in [1.82, 2.24) is 14.3 Å². The minimum atomic E-state index is -3.71. The third kappa shape index (κ3) is 4.64. The van der Waals surface area contributed by atoms with Crippen LogP contribution in [0, 0.1) is 0 Å². The number of carbonyl (C=O) groups excluding carboxylic acids is 1. The van der Waals surface area contributed by atoms with Gasteiger partial charge in [0.15, 0.2) is 5.13 Å². The number of benzene rings is 1. The largest absolute Gasteiger partial charge is 0.298 e. The Kier molecular flexibility index (Phi) is 6.63. The number of rotatable bonds is 7. The van der Waals surface area contributed by atoms with E-state index in [1.54, 1.807) is 31.5 Å². The fourth-order valence-electron chi connectivity index (χ4n) is 2.68. The van der Waals surface area contributed by atoms with E-state index in [4.69, 9.17) is 11.6 Å². The van der Waals surface area contributed by atoms with Crippen LogP contribution in [0.5, 0.6) is 0 Å². The average Bonchev–Trinajstić information content (AvgIpc) is 3.18. The van der Waals surface area contributed by atoms with E-state index in [2.05, 4.69) is 15.3 Å². The number of nitrogens with one attached hydrogen (secondary N) is 1. The van der Waals surface area contributed by atoms with Gasteiger partial charge in [0.25, 0.3) is 5.91 Å². The number of amides is 1. The Morgan fingerprint density at radius 2 is 1.93 bits per heavy atom. The van der Waals surface area contributed by atoms with Gasteiger partial charge in [-0.1, -0.05) is 31.5 Å². The lowest BCUT2D eigenvalue weighted by atomic mass is 10.2. The number of aromatic nitrogens is 2. The minimum absolute atomic E-state index is 0.0177. The van der Waals surface area contributed by atoms with Crippen LogP contribution in [0.25, 0.3) is 11.4 Å². The van der Waals surface area contributed by atoms with Crippen molar-refractivity contribution in [2.75, 3.05) is 18.4 Å². The molecule has 0 aliphatic heterocycles. The topological polar surface area (TPSA) is 92.3 Å². The van der Waals surface area contributed by atoms with Crippen LogP contribution >= 0.6 is 22.9 Å². The molecule has 0 atom stereocenters. The van der Waals surface area contributed by atoms with Gasteiger partial charge in [0.05, 0.1) is 21.2 Å². The summed E-state index contributed by atoms with van der Waals surface area (Å²) >= 11 is 7.40. The first-order chi connectivity index (χ1) is 13.9. The van der Waals surface area contributed by atoms with Crippen LogP contribution < -0.4 is 5.32 Å². The second-order valence-electron chi connectivity index (χ2n) is 5.94. The van der Waals surface area contributed by atoms with E-state index in [1.807, 2.05) is 12.1 Å². The summed E-state index contributed by atoms with van der Waals surface area (Å²) in [5.41, 5.74) is 1.39. The smallest absolute Gasteiger partial charge is 0.259 e. The van der Waals surface area contributed by atoms with Crippen molar-refractivity contribution in [3.63, 3.8) is 0 Å². The number of halogens is 1. The van der Waals surface area contributed by atoms with Crippen LogP contribution in [0.15, 0.2) is 52.9 Å². The van der Waals surface area contributed by atoms with Gasteiger partial charge in [-0.15, -0.1) is 11.3 Å². The van der Waals surface area contributed by atoms with E-state index in [0.29, 0.717) is 29.6 Å². The molecule has 1 amide bonds. The van der Waals surface area contributed by atoms with Crippen molar-refractivity contribution in [3.05, 3.63) is 58.6 Å². The van der Waals surface area contributed by atoms with Crippen molar-refractivity contribution in [3.8, 4) is 11.4 Å². The molecular formula is C19H19ClN4O3S2. The van der Waals surface area contributed by atoms with Gasteiger partial charge in [-0.3, -0.25) is 15.1 Å². The average molecular weight is 451 g/mol. The normalized spacial score (nSPS) is 11.6. The Labute approximate surface area is 178 Å². The summed E-state index contributed by atoms with van der Waals surface area (Å²) in [7, 11) is -3.71.